The highest BCUT2D eigenvalue weighted by atomic mass is 127. The van der Waals surface area contributed by atoms with Crippen LogP contribution in [0.5, 0.6) is 0 Å². The van der Waals surface area contributed by atoms with Gasteiger partial charge in [0.15, 0.2) is 5.96 Å². The summed E-state index contributed by atoms with van der Waals surface area (Å²) in [5, 5.41) is 10.9. The van der Waals surface area contributed by atoms with Crippen molar-refractivity contribution >= 4 is 29.9 Å². The van der Waals surface area contributed by atoms with Gasteiger partial charge in [0.05, 0.1) is 0 Å². The summed E-state index contributed by atoms with van der Waals surface area (Å²) in [6.45, 7) is 2.61. The van der Waals surface area contributed by atoms with Gasteiger partial charge in [-0.25, -0.2) is 0 Å². The van der Waals surface area contributed by atoms with Crippen molar-refractivity contribution in [2.24, 2.45) is 4.99 Å². The van der Waals surface area contributed by atoms with Gasteiger partial charge in [0.25, 0.3) is 0 Å². The van der Waals surface area contributed by atoms with Gasteiger partial charge in [-0.05, 0) is 48.4 Å². The SMILES string of the molecule is CN=C(NCCCn1cccn1)NCc1ccc2c(c1)CCC2.I. The van der Waals surface area contributed by atoms with Crippen molar-refractivity contribution in [2.75, 3.05) is 13.6 Å². The van der Waals surface area contributed by atoms with Crippen LogP contribution in [0.1, 0.15) is 29.5 Å². The molecule has 0 bridgehead atoms. The molecule has 2 N–H and O–H groups in total. The third-order valence-electron chi connectivity index (χ3n) is 4.26. The second-order valence-corrected chi connectivity index (χ2v) is 5.93. The van der Waals surface area contributed by atoms with Crippen molar-refractivity contribution in [3.63, 3.8) is 0 Å². The molecule has 0 fully saturated rings. The van der Waals surface area contributed by atoms with Gasteiger partial charge in [-0.3, -0.25) is 9.67 Å². The highest BCUT2D eigenvalue weighted by molar-refractivity contribution is 14.0. The van der Waals surface area contributed by atoms with E-state index in [0.29, 0.717) is 0 Å². The maximum absolute atomic E-state index is 4.28. The molecule has 0 radical (unpaired) electrons. The van der Waals surface area contributed by atoms with Crippen molar-refractivity contribution in [3.05, 3.63) is 53.3 Å². The van der Waals surface area contributed by atoms with Gasteiger partial charge >= 0.3 is 0 Å². The van der Waals surface area contributed by atoms with Crippen LogP contribution in [-0.2, 0) is 25.9 Å². The summed E-state index contributed by atoms with van der Waals surface area (Å²) >= 11 is 0. The fourth-order valence-electron chi connectivity index (χ4n) is 3.02. The van der Waals surface area contributed by atoms with Crippen LogP contribution in [0.15, 0.2) is 41.7 Å². The highest BCUT2D eigenvalue weighted by Crippen LogP contribution is 2.22. The highest BCUT2D eigenvalue weighted by Gasteiger charge is 2.10. The second-order valence-electron chi connectivity index (χ2n) is 5.93. The summed E-state index contributed by atoms with van der Waals surface area (Å²) < 4.78 is 1.95. The molecule has 1 aliphatic carbocycles. The molecule has 1 heterocycles. The Hall–Kier alpha value is -1.57. The maximum Gasteiger partial charge on any atom is 0.191 e. The topological polar surface area (TPSA) is 54.2 Å². The second kappa shape index (κ2) is 9.66. The summed E-state index contributed by atoms with van der Waals surface area (Å²) in [6, 6.07) is 8.78. The van der Waals surface area contributed by atoms with E-state index in [-0.39, 0.29) is 24.0 Å². The lowest BCUT2D eigenvalue weighted by atomic mass is 10.1. The van der Waals surface area contributed by atoms with Crippen LogP contribution >= 0.6 is 24.0 Å². The Morgan fingerprint density at radius 1 is 1.25 bits per heavy atom. The van der Waals surface area contributed by atoms with Crippen molar-refractivity contribution < 1.29 is 0 Å². The molecular formula is C18H26IN5. The molecule has 1 aliphatic rings. The first-order chi connectivity index (χ1) is 11.3. The van der Waals surface area contributed by atoms with Crippen LogP contribution in [0.4, 0.5) is 0 Å². The molecule has 0 atom stereocenters. The number of halogens is 1. The van der Waals surface area contributed by atoms with Gasteiger partial charge in [0.2, 0.25) is 0 Å². The van der Waals surface area contributed by atoms with E-state index in [1.165, 1.54) is 36.0 Å². The Balaban J connectivity index is 0.00000208. The van der Waals surface area contributed by atoms with Crippen LogP contribution in [0.3, 0.4) is 0 Å². The number of rotatable bonds is 6. The first kappa shape index (κ1) is 18.8. The number of guanidine groups is 1. The summed E-state index contributed by atoms with van der Waals surface area (Å²) in [5.74, 6) is 0.853. The number of aryl methyl sites for hydroxylation is 3. The number of nitrogens with one attached hydrogen (secondary N) is 2. The monoisotopic (exact) mass is 439 g/mol. The number of aliphatic imine (C=N–C) groups is 1. The molecule has 0 aliphatic heterocycles. The van der Waals surface area contributed by atoms with Gasteiger partial charge in [-0.1, -0.05) is 18.2 Å². The minimum Gasteiger partial charge on any atom is -0.356 e. The lowest BCUT2D eigenvalue weighted by molar-refractivity contribution is 0.570. The molecule has 2 aromatic rings. The first-order valence-corrected chi connectivity index (χ1v) is 8.38. The summed E-state index contributed by atoms with van der Waals surface area (Å²) in [4.78, 5) is 4.28. The van der Waals surface area contributed by atoms with E-state index >= 15 is 0 Å². The zero-order chi connectivity index (χ0) is 15.9. The largest absolute Gasteiger partial charge is 0.356 e. The molecule has 0 amide bonds. The normalized spacial score (nSPS) is 13.3. The molecule has 1 aromatic heterocycles. The minimum absolute atomic E-state index is 0. The zero-order valence-corrected chi connectivity index (χ0v) is 16.5. The summed E-state index contributed by atoms with van der Waals surface area (Å²) in [6.07, 6.45) is 8.57. The minimum atomic E-state index is 0. The fourth-order valence-corrected chi connectivity index (χ4v) is 3.02. The molecule has 0 saturated heterocycles. The van der Waals surface area contributed by atoms with Crippen molar-refractivity contribution in [1.29, 1.82) is 0 Å². The van der Waals surface area contributed by atoms with E-state index in [2.05, 4.69) is 38.9 Å². The van der Waals surface area contributed by atoms with Gasteiger partial charge in [-0.2, -0.15) is 5.10 Å². The van der Waals surface area contributed by atoms with Gasteiger partial charge in [-0.15, -0.1) is 24.0 Å². The van der Waals surface area contributed by atoms with Crippen LogP contribution in [0.25, 0.3) is 0 Å². The van der Waals surface area contributed by atoms with Crippen LogP contribution in [-0.4, -0.2) is 29.3 Å². The van der Waals surface area contributed by atoms with E-state index in [1.54, 1.807) is 0 Å². The molecule has 1 aromatic carbocycles. The van der Waals surface area contributed by atoms with E-state index < -0.39 is 0 Å². The summed E-state index contributed by atoms with van der Waals surface area (Å²) in [5.41, 5.74) is 4.37. The number of hydrogen-bond donors (Lipinski definition) is 2. The Bertz CT molecular complexity index is 651. The molecule has 3 rings (SSSR count). The average molecular weight is 439 g/mol. The zero-order valence-electron chi connectivity index (χ0n) is 14.2. The third kappa shape index (κ3) is 5.22. The van der Waals surface area contributed by atoms with Crippen molar-refractivity contribution in [1.82, 2.24) is 20.4 Å². The summed E-state index contributed by atoms with van der Waals surface area (Å²) in [7, 11) is 1.81. The van der Waals surface area contributed by atoms with E-state index in [1.807, 2.05) is 30.2 Å². The molecule has 6 heteroatoms. The van der Waals surface area contributed by atoms with E-state index in [9.17, 15) is 0 Å². The van der Waals surface area contributed by atoms with Crippen LogP contribution < -0.4 is 10.6 Å². The Labute approximate surface area is 161 Å². The van der Waals surface area contributed by atoms with E-state index in [0.717, 1.165) is 32.0 Å². The first-order valence-electron chi connectivity index (χ1n) is 8.38. The maximum atomic E-state index is 4.28. The number of fused-ring (bicyclic) bond motifs is 1. The average Bonchev–Trinajstić information content (AvgIpc) is 3.25. The van der Waals surface area contributed by atoms with E-state index in [4.69, 9.17) is 0 Å². The predicted molar refractivity (Wildman–Crippen MR) is 109 cm³/mol. The smallest absolute Gasteiger partial charge is 0.191 e. The van der Waals surface area contributed by atoms with Gasteiger partial charge in [0, 0.05) is 39.1 Å². The van der Waals surface area contributed by atoms with Crippen LogP contribution in [0, 0.1) is 0 Å². The quantitative estimate of drug-likeness (QED) is 0.315. The molecular weight excluding hydrogens is 413 g/mol. The van der Waals surface area contributed by atoms with Crippen LogP contribution in [0.2, 0.25) is 0 Å². The van der Waals surface area contributed by atoms with Gasteiger partial charge in [0.1, 0.15) is 0 Å². The lowest BCUT2D eigenvalue weighted by Gasteiger charge is -2.12. The van der Waals surface area contributed by atoms with Crippen molar-refractivity contribution in [3.8, 4) is 0 Å². The molecule has 5 nitrogen and oxygen atoms in total. The Morgan fingerprint density at radius 3 is 2.92 bits per heavy atom. The molecule has 130 valence electrons. The molecule has 24 heavy (non-hydrogen) atoms. The Kier molecular flexibility index (Phi) is 7.55. The molecule has 0 spiro atoms. The fraction of sp³-hybridized carbons (Fsp3) is 0.444. The molecule has 0 unspecified atom stereocenters. The number of hydrogen-bond acceptors (Lipinski definition) is 2. The molecule has 0 saturated carbocycles. The van der Waals surface area contributed by atoms with Crippen molar-refractivity contribution in [2.45, 2.75) is 38.8 Å². The third-order valence-corrected chi connectivity index (χ3v) is 4.26. The Morgan fingerprint density at radius 2 is 2.12 bits per heavy atom. The standard InChI is InChI=1S/C18H25N5.HI/c1-19-18(20-9-3-11-23-12-4-10-22-23)21-14-15-7-8-16-5-2-6-17(16)13-15;/h4,7-8,10,12-13H,2-3,5-6,9,11,14H2,1H3,(H2,19,20,21);1H. The number of aromatic nitrogens is 2. The number of benzene rings is 1. The predicted octanol–water partition coefficient (Wildman–Crippen LogP) is 2.75. The lowest BCUT2D eigenvalue weighted by Crippen LogP contribution is -2.37. The number of nitrogens with zero attached hydrogens (tertiary/aromatic N) is 3. The van der Waals surface area contributed by atoms with Gasteiger partial charge < -0.3 is 10.6 Å².